The number of hydrogen-bond donors (Lipinski definition) is 1. The highest BCUT2D eigenvalue weighted by molar-refractivity contribution is 7.89. The van der Waals surface area contributed by atoms with Crippen LogP contribution in [0.3, 0.4) is 0 Å². The molecule has 1 heterocycles. The van der Waals surface area contributed by atoms with Crippen molar-refractivity contribution in [3.8, 4) is 11.8 Å². The Bertz CT molecular complexity index is 886. The molecule has 2 aromatic carbocycles. The van der Waals surface area contributed by atoms with Gasteiger partial charge in [0.1, 0.15) is 11.8 Å². The topological polar surface area (TPSA) is 74.8 Å². The quantitative estimate of drug-likeness (QED) is 0.718. The van der Waals surface area contributed by atoms with Crippen LogP contribution in [0.25, 0.3) is 0 Å². The summed E-state index contributed by atoms with van der Waals surface area (Å²) in [6, 6.07) is 18.1. The predicted octanol–water partition coefficient (Wildman–Crippen LogP) is 0.917. The van der Waals surface area contributed by atoms with Crippen LogP contribution in [-0.2, 0) is 10.0 Å². The largest absolute Gasteiger partial charge is 0.493 e. The molecule has 1 saturated heterocycles. The number of quaternary nitrogens is 1. The van der Waals surface area contributed by atoms with Gasteiger partial charge in [0.05, 0.1) is 49.8 Å². The Kier molecular flexibility index (Phi) is 6.45. The molecule has 6 nitrogen and oxygen atoms in total. The minimum atomic E-state index is -3.62. The number of piperazine rings is 1. The van der Waals surface area contributed by atoms with Crippen molar-refractivity contribution < 1.29 is 18.1 Å². The molecular weight excluding hydrogens is 362 g/mol. The minimum Gasteiger partial charge on any atom is -0.493 e. The van der Waals surface area contributed by atoms with Crippen LogP contribution in [-0.4, -0.2) is 52.1 Å². The van der Waals surface area contributed by atoms with Crippen LogP contribution in [0.15, 0.2) is 59.5 Å². The molecule has 0 atom stereocenters. The van der Waals surface area contributed by atoms with Crippen LogP contribution in [0.1, 0.15) is 12.0 Å². The molecule has 0 aromatic heterocycles. The van der Waals surface area contributed by atoms with Gasteiger partial charge < -0.3 is 9.64 Å². The molecule has 1 aliphatic heterocycles. The molecule has 0 radical (unpaired) electrons. The third kappa shape index (κ3) is 4.86. The summed E-state index contributed by atoms with van der Waals surface area (Å²) in [7, 11) is -3.62. The number of sulfonamides is 1. The Morgan fingerprint density at radius 2 is 1.70 bits per heavy atom. The van der Waals surface area contributed by atoms with Crippen molar-refractivity contribution in [1.82, 2.24) is 4.31 Å². The first-order chi connectivity index (χ1) is 13.1. The Morgan fingerprint density at radius 1 is 1.04 bits per heavy atom. The summed E-state index contributed by atoms with van der Waals surface area (Å²) in [5, 5.41) is 9.18. The van der Waals surface area contributed by atoms with Gasteiger partial charge in [-0.3, -0.25) is 0 Å². The summed E-state index contributed by atoms with van der Waals surface area (Å²) in [6.45, 7) is 4.08. The molecule has 27 heavy (non-hydrogen) atoms. The first-order valence-electron chi connectivity index (χ1n) is 9.12. The maximum absolute atomic E-state index is 12.8. The van der Waals surface area contributed by atoms with E-state index in [0.29, 0.717) is 19.7 Å². The second-order valence-corrected chi connectivity index (χ2v) is 8.43. The van der Waals surface area contributed by atoms with E-state index >= 15 is 0 Å². The van der Waals surface area contributed by atoms with Gasteiger partial charge in [-0.25, -0.2) is 8.42 Å². The van der Waals surface area contributed by atoms with E-state index < -0.39 is 10.0 Å². The van der Waals surface area contributed by atoms with Crippen LogP contribution in [0.5, 0.6) is 5.75 Å². The summed E-state index contributed by atoms with van der Waals surface area (Å²) in [5.74, 6) is 0.875. The summed E-state index contributed by atoms with van der Waals surface area (Å²) in [6.07, 6.45) is 0.925. The first-order valence-corrected chi connectivity index (χ1v) is 10.6. The zero-order valence-corrected chi connectivity index (χ0v) is 16.0. The fourth-order valence-electron chi connectivity index (χ4n) is 3.24. The maximum Gasteiger partial charge on any atom is 0.244 e. The average molecular weight is 386 g/mol. The van der Waals surface area contributed by atoms with Crippen LogP contribution >= 0.6 is 0 Å². The summed E-state index contributed by atoms with van der Waals surface area (Å²) in [5.41, 5.74) is 0.199. The SMILES string of the molecule is N#Cc1ccccc1S(=O)(=O)N1CC[NH+](CCCOc2ccccc2)CC1. The van der Waals surface area contributed by atoms with Crippen molar-refractivity contribution in [2.24, 2.45) is 0 Å². The van der Waals surface area contributed by atoms with Gasteiger partial charge in [0, 0.05) is 6.42 Å². The molecule has 7 heteroatoms. The highest BCUT2D eigenvalue weighted by Gasteiger charge is 2.31. The average Bonchev–Trinajstić information content (AvgIpc) is 2.72. The lowest BCUT2D eigenvalue weighted by atomic mass is 10.2. The van der Waals surface area contributed by atoms with Crippen LogP contribution in [0.2, 0.25) is 0 Å². The molecule has 0 amide bonds. The Labute approximate surface area is 160 Å². The van der Waals surface area contributed by atoms with Crippen LogP contribution in [0, 0.1) is 11.3 Å². The number of hydrogen-bond acceptors (Lipinski definition) is 4. The van der Waals surface area contributed by atoms with E-state index in [4.69, 9.17) is 4.74 Å². The van der Waals surface area contributed by atoms with Crippen molar-refractivity contribution in [2.45, 2.75) is 11.3 Å². The van der Waals surface area contributed by atoms with Gasteiger partial charge in [0.25, 0.3) is 0 Å². The monoisotopic (exact) mass is 386 g/mol. The predicted molar refractivity (Wildman–Crippen MR) is 102 cm³/mol. The standard InChI is InChI=1S/C20H23N3O3S/c21-17-18-7-4-5-10-20(18)27(24,25)23-14-12-22(13-15-23)11-6-16-26-19-8-2-1-3-9-19/h1-5,7-10H,6,11-16H2/p+1. The second kappa shape index (κ2) is 9.00. The fraction of sp³-hybridized carbons (Fsp3) is 0.350. The van der Waals surface area contributed by atoms with Gasteiger partial charge in [0.2, 0.25) is 10.0 Å². The molecule has 142 valence electrons. The van der Waals surface area contributed by atoms with Gasteiger partial charge in [-0.15, -0.1) is 0 Å². The molecule has 0 spiro atoms. The number of nitriles is 1. The van der Waals surface area contributed by atoms with E-state index in [1.54, 1.807) is 18.2 Å². The lowest BCUT2D eigenvalue weighted by Crippen LogP contribution is -3.14. The zero-order valence-electron chi connectivity index (χ0n) is 15.2. The number of benzene rings is 2. The normalized spacial score (nSPS) is 16.0. The van der Waals surface area contributed by atoms with E-state index in [0.717, 1.165) is 31.8 Å². The molecule has 0 aliphatic carbocycles. The van der Waals surface area contributed by atoms with E-state index in [1.165, 1.54) is 15.3 Å². The Hall–Kier alpha value is -2.40. The van der Waals surface area contributed by atoms with Crippen molar-refractivity contribution in [1.29, 1.82) is 5.26 Å². The molecule has 0 bridgehead atoms. The lowest BCUT2D eigenvalue weighted by molar-refractivity contribution is -0.903. The van der Waals surface area contributed by atoms with E-state index in [-0.39, 0.29) is 10.5 Å². The molecule has 2 aromatic rings. The molecule has 1 N–H and O–H groups in total. The van der Waals surface area contributed by atoms with Gasteiger partial charge in [-0.2, -0.15) is 9.57 Å². The van der Waals surface area contributed by atoms with Gasteiger partial charge in [-0.1, -0.05) is 30.3 Å². The van der Waals surface area contributed by atoms with E-state index in [2.05, 4.69) is 0 Å². The smallest absolute Gasteiger partial charge is 0.244 e. The number of para-hydroxylation sites is 1. The first kappa shape index (κ1) is 19.4. The van der Waals surface area contributed by atoms with E-state index in [9.17, 15) is 13.7 Å². The lowest BCUT2D eigenvalue weighted by Gasteiger charge is -2.31. The van der Waals surface area contributed by atoms with Gasteiger partial charge in [0.15, 0.2) is 0 Å². The summed E-state index contributed by atoms with van der Waals surface area (Å²) >= 11 is 0. The molecule has 0 unspecified atom stereocenters. The minimum absolute atomic E-state index is 0.104. The number of nitrogens with zero attached hydrogens (tertiary/aromatic N) is 2. The van der Waals surface area contributed by atoms with Crippen molar-refractivity contribution in [2.75, 3.05) is 39.3 Å². The number of rotatable bonds is 7. The highest BCUT2D eigenvalue weighted by Crippen LogP contribution is 2.19. The van der Waals surface area contributed by atoms with Crippen LogP contribution in [0.4, 0.5) is 0 Å². The van der Waals surface area contributed by atoms with Crippen molar-refractivity contribution >= 4 is 10.0 Å². The highest BCUT2D eigenvalue weighted by atomic mass is 32.2. The van der Waals surface area contributed by atoms with E-state index in [1.807, 2.05) is 36.4 Å². The Balaban J connectivity index is 1.48. The third-order valence-corrected chi connectivity index (χ3v) is 6.70. The van der Waals surface area contributed by atoms with Crippen molar-refractivity contribution in [3.63, 3.8) is 0 Å². The number of ether oxygens (including phenoxy) is 1. The van der Waals surface area contributed by atoms with Crippen LogP contribution < -0.4 is 9.64 Å². The maximum atomic E-state index is 12.8. The van der Waals surface area contributed by atoms with Crippen molar-refractivity contribution in [3.05, 3.63) is 60.2 Å². The number of nitrogens with one attached hydrogen (secondary N) is 1. The van der Waals surface area contributed by atoms with Gasteiger partial charge >= 0.3 is 0 Å². The van der Waals surface area contributed by atoms with Gasteiger partial charge in [-0.05, 0) is 24.3 Å². The molecule has 3 rings (SSSR count). The zero-order chi connectivity index (χ0) is 19.1. The third-order valence-electron chi connectivity index (χ3n) is 4.74. The molecule has 1 fully saturated rings. The molecule has 0 saturated carbocycles. The molecular formula is C20H24N3O3S+. The second-order valence-electron chi connectivity index (χ2n) is 6.53. The summed E-state index contributed by atoms with van der Waals surface area (Å²) in [4.78, 5) is 1.49. The molecule has 1 aliphatic rings. The Morgan fingerprint density at radius 3 is 2.41 bits per heavy atom. The fourth-order valence-corrected chi connectivity index (χ4v) is 4.83. The summed E-state index contributed by atoms with van der Waals surface area (Å²) < 4.78 is 32.9.